The summed E-state index contributed by atoms with van der Waals surface area (Å²) in [5.41, 5.74) is 0.815. The molecule has 0 bridgehead atoms. The first-order valence-corrected chi connectivity index (χ1v) is 7.55. The van der Waals surface area contributed by atoms with Gasteiger partial charge in [-0.2, -0.15) is 0 Å². The first kappa shape index (κ1) is 15.0. The highest BCUT2D eigenvalue weighted by molar-refractivity contribution is 7.09. The number of benzene rings is 1. The van der Waals surface area contributed by atoms with Crippen LogP contribution >= 0.6 is 22.9 Å². The van der Waals surface area contributed by atoms with Crippen molar-refractivity contribution in [1.82, 2.24) is 5.32 Å². The number of methoxy groups -OCH3 is 1. The van der Waals surface area contributed by atoms with E-state index in [1.54, 1.807) is 23.5 Å². The van der Waals surface area contributed by atoms with Crippen molar-refractivity contribution in [2.75, 3.05) is 13.7 Å². The molecule has 0 amide bonds. The second kappa shape index (κ2) is 7.43. The number of halogens is 1. The molecule has 0 aliphatic rings. The molecule has 0 saturated carbocycles. The Morgan fingerprint density at radius 3 is 2.90 bits per heavy atom. The SMILES string of the molecule is COC(=O)C(NCCc1cccs1)c1cccc(Cl)c1. The largest absolute Gasteiger partial charge is 0.468 e. The van der Waals surface area contributed by atoms with Crippen LogP contribution in [0, 0.1) is 0 Å². The number of hydrogen-bond acceptors (Lipinski definition) is 4. The zero-order valence-electron chi connectivity index (χ0n) is 11.1. The first-order chi connectivity index (χ1) is 9.70. The number of hydrogen-bond donors (Lipinski definition) is 1. The standard InChI is InChI=1S/C15H16ClNO2S/c1-19-15(18)14(11-4-2-5-12(16)10-11)17-8-7-13-6-3-9-20-13/h2-6,9-10,14,17H,7-8H2,1H3. The summed E-state index contributed by atoms with van der Waals surface area (Å²) in [7, 11) is 1.39. The van der Waals surface area contributed by atoms with Gasteiger partial charge in [-0.15, -0.1) is 11.3 Å². The summed E-state index contributed by atoms with van der Waals surface area (Å²) in [6.45, 7) is 0.701. The predicted molar refractivity (Wildman–Crippen MR) is 82.2 cm³/mol. The Labute approximate surface area is 127 Å². The molecule has 1 aromatic heterocycles. The van der Waals surface area contributed by atoms with Crippen LogP contribution in [0.2, 0.25) is 5.02 Å². The van der Waals surface area contributed by atoms with Crippen molar-refractivity contribution in [1.29, 1.82) is 0 Å². The van der Waals surface area contributed by atoms with Crippen LogP contribution in [0.15, 0.2) is 41.8 Å². The Hall–Kier alpha value is -1.36. The smallest absolute Gasteiger partial charge is 0.327 e. The van der Waals surface area contributed by atoms with E-state index in [0.717, 1.165) is 12.0 Å². The summed E-state index contributed by atoms with van der Waals surface area (Å²) in [5.74, 6) is -0.307. The normalized spacial score (nSPS) is 12.1. The molecule has 0 fully saturated rings. The van der Waals surface area contributed by atoms with E-state index in [1.807, 2.05) is 23.6 Å². The van der Waals surface area contributed by atoms with Gasteiger partial charge in [-0.05, 0) is 35.6 Å². The summed E-state index contributed by atoms with van der Waals surface area (Å²) < 4.78 is 4.85. The van der Waals surface area contributed by atoms with Crippen molar-refractivity contribution in [3.8, 4) is 0 Å². The van der Waals surface area contributed by atoms with Crippen molar-refractivity contribution in [3.05, 3.63) is 57.2 Å². The zero-order valence-corrected chi connectivity index (χ0v) is 12.7. The lowest BCUT2D eigenvalue weighted by Gasteiger charge is -2.17. The first-order valence-electron chi connectivity index (χ1n) is 6.30. The van der Waals surface area contributed by atoms with Gasteiger partial charge < -0.3 is 10.1 Å². The molecule has 1 N–H and O–H groups in total. The molecule has 20 heavy (non-hydrogen) atoms. The van der Waals surface area contributed by atoms with Gasteiger partial charge in [0.15, 0.2) is 0 Å². The van der Waals surface area contributed by atoms with Crippen molar-refractivity contribution < 1.29 is 9.53 Å². The average molecular weight is 310 g/mol. The minimum absolute atomic E-state index is 0.307. The molecule has 2 rings (SSSR count). The summed E-state index contributed by atoms with van der Waals surface area (Å²) in [6.07, 6.45) is 0.881. The van der Waals surface area contributed by atoms with E-state index in [0.29, 0.717) is 11.6 Å². The van der Waals surface area contributed by atoms with Gasteiger partial charge in [0, 0.05) is 16.4 Å². The van der Waals surface area contributed by atoms with Gasteiger partial charge in [0.2, 0.25) is 0 Å². The minimum atomic E-state index is -0.487. The molecular formula is C15H16ClNO2S. The fourth-order valence-corrected chi connectivity index (χ4v) is 2.84. The van der Waals surface area contributed by atoms with Gasteiger partial charge in [0.25, 0.3) is 0 Å². The number of thiophene rings is 1. The van der Waals surface area contributed by atoms with Crippen molar-refractivity contribution in [3.63, 3.8) is 0 Å². The van der Waals surface area contributed by atoms with Gasteiger partial charge in [-0.1, -0.05) is 29.8 Å². The van der Waals surface area contributed by atoms with Crippen LogP contribution in [0.1, 0.15) is 16.5 Å². The van der Waals surface area contributed by atoms with E-state index in [4.69, 9.17) is 16.3 Å². The highest BCUT2D eigenvalue weighted by atomic mass is 35.5. The van der Waals surface area contributed by atoms with E-state index < -0.39 is 6.04 Å². The monoisotopic (exact) mass is 309 g/mol. The molecule has 0 spiro atoms. The molecule has 1 unspecified atom stereocenters. The predicted octanol–water partition coefficient (Wildman–Crippen LogP) is 3.45. The third kappa shape index (κ3) is 4.07. The van der Waals surface area contributed by atoms with Crippen molar-refractivity contribution >= 4 is 28.9 Å². The van der Waals surface area contributed by atoms with Crippen LogP contribution in [0.4, 0.5) is 0 Å². The van der Waals surface area contributed by atoms with E-state index in [-0.39, 0.29) is 5.97 Å². The lowest BCUT2D eigenvalue weighted by atomic mass is 10.1. The highest BCUT2D eigenvalue weighted by Crippen LogP contribution is 2.19. The fourth-order valence-electron chi connectivity index (χ4n) is 1.94. The quantitative estimate of drug-likeness (QED) is 0.831. The second-order valence-corrected chi connectivity index (χ2v) is 5.76. The third-order valence-corrected chi connectivity index (χ3v) is 4.09. The van der Waals surface area contributed by atoms with Crippen molar-refractivity contribution in [2.24, 2.45) is 0 Å². The van der Waals surface area contributed by atoms with Crippen LogP contribution < -0.4 is 5.32 Å². The molecule has 5 heteroatoms. The molecule has 0 radical (unpaired) electrons. The van der Waals surface area contributed by atoms with E-state index >= 15 is 0 Å². The lowest BCUT2D eigenvalue weighted by Crippen LogP contribution is -2.31. The summed E-state index contributed by atoms with van der Waals surface area (Å²) in [4.78, 5) is 13.2. The summed E-state index contributed by atoms with van der Waals surface area (Å²) in [6, 6.07) is 10.9. The Morgan fingerprint density at radius 2 is 2.25 bits per heavy atom. The molecule has 1 aromatic carbocycles. The number of carbonyl (C=O) groups is 1. The van der Waals surface area contributed by atoms with Crippen molar-refractivity contribution in [2.45, 2.75) is 12.5 Å². The molecule has 0 saturated heterocycles. The number of nitrogens with one attached hydrogen (secondary N) is 1. The maximum absolute atomic E-state index is 11.9. The topological polar surface area (TPSA) is 38.3 Å². The van der Waals surface area contributed by atoms with Crippen LogP contribution in [0.5, 0.6) is 0 Å². The van der Waals surface area contributed by atoms with E-state index in [9.17, 15) is 4.79 Å². The Balaban J connectivity index is 2.02. The van der Waals surface area contributed by atoms with Crippen LogP contribution in [-0.4, -0.2) is 19.6 Å². The van der Waals surface area contributed by atoms with E-state index in [2.05, 4.69) is 11.4 Å². The lowest BCUT2D eigenvalue weighted by molar-refractivity contribution is -0.143. The van der Waals surface area contributed by atoms with E-state index in [1.165, 1.54) is 12.0 Å². The maximum atomic E-state index is 11.9. The second-order valence-electron chi connectivity index (χ2n) is 4.29. The number of esters is 1. The molecule has 1 heterocycles. The number of ether oxygens (including phenoxy) is 1. The molecule has 106 valence electrons. The molecular weight excluding hydrogens is 294 g/mol. The third-order valence-electron chi connectivity index (χ3n) is 2.92. The number of carbonyl (C=O) groups excluding carboxylic acids is 1. The van der Waals surface area contributed by atoms with Gasteiger partial charge in [-0.25, -0.2) is 4.79 Å². The van der Waals surface area contributed by atoms with Crippen LogP contribution in [-0.2, 0) is 16.0 Å². The molecule has 0 aliphatic carbocycles. The molecule has 0 aliphatic heterocycles. The summed E-state index contributed by atoms with van der Waals surface area (Å²) >= 11 is 7.68. The van der Waals surface area contributed by atoms with Gasteiger partial charge >= 0.3 is 5.97 Å². The Morgan fingerprint density at radius 1 is 1.40 bits per heavy atom. The van der Waals surface area contributed by atoms with Gasteiger partial charge in [-0.3, -0.25) is 0 Å². The summed E-state index contributed by atoms with van der Waals surface area (Å²) in [5, 5.41) is 5.88. The molecule has 2 aromatic rings. The van der Waals surface area contributed by atoms with Gasteiger partial charge in [0.05, 0.1) is 7.11 Å². The fraction of sp³-hybridized carbons (Fsp3) is 0.267. The van der Waals surface area contributed by atoms with Gasteiger partial charge in [0.1, 0.15) is 6.04 Å². The minimum Gasteiger partial charge on any atom is -0.468 e. The Bertz CT molecular complexity index is 557. The number of rotatable bonds is 6. The average Bonchev–Trinajstić information content (AvgIpc) is 2.96. The zero-order chi connectivity index (χ0) is 14.4. The molecule has 3 nitrogen and oxygen atoms in total. The van der Waals surface area contributed by atoms with Crippen LogP contribution in [0.25, 0.3) is 0 Å². The maximum Gasteiger partial charge on any atom is 0.327 e. The highest BCUT2D eigenvalue weighted by Gasteiger charge is 2.20. The molecule has 1 atom stereocenters. The van der Waals surface area contributed by atoms with Crippen LogP contribution in [0.3, 0.4) is 0 Å². The Kier molecular flexibility index (Phi) is 5.59.